The Morgan fingerprint density at radius 2 is 1.84 bits per heavy atom. The molecule has 1 amide bonds. The average molecular weight is 369 g/mol. The van der Waals surface area contributed by atoms with Crippen molar-refractivity contribution in [3.8, 4) is 0 Å². The van der Waals surface area contributed by atoms with Gasteiger partial charge in [0.05, 0.1) is 23.6 Å². The summed E-state index contributed by atoms with van der Waals surface area (Å²) in [7, 11) is -0.559. The molecule has 0 radical (unpaired) electrons. The monoisotopic (exact) mass is 369 g/mol. The van der Waals surface area contributed by atoms with Crippen LogP contribution in [0.1, 0.15) is 19.4 Å². The van der Waals surface area contributed by atoms with E-state index in [1.54, 1.807) is 24.3 Å². The largest absolute Gasteiger partial charge is 0.373 e. The van der Waals surface area contributed by atoms with Gasteiger partial charge in [-0.15, -0.1) is 0 Å². The zero-order valence-corrected chi connectivity index (χ0v) is 16.0. The molecular weight excluding hydrogens is 342 g/mol. The summed E-state index contributed by atoms with van der Waals surface area (Å²) in [4.78, 5) is 14.5. The number of morpholine rings is 1. The van der Waals surface area contributed by atoms with Crippen LogP contribution in [0.3, 0.4) is 0 Å². The van der Waals surface area contributed by atoms with E-state index in [1.165, 1.54) is 18.4 Å². The van der Waals surface area contributed by atoms with Crippen LogP contribution in [0.5, 0.6) is 0 Å². The normalized spacial score (nSPS) is 22.1. The van der Waals surface area contributed by atoms with Crippen LogP contribution in [0.2, 0.25) is 0 Å². The smallest absolute Gasteiger partial charge is 0.242 e. The number of carbonyl (C=O) groups is 1. The Kier molecular flexibility index (Phi) is 6.56. The number of nitrogens with one attached hydrogen (secondary N) is 1. The lowest BCUT2D eigenvalue weighted by molar-refractivity contribution is -0.126. The number of ether oxygens (including phenoxy) is 1. The van der Waals surface area contributed by atoms with Gasteiger partial charge in [0.2, 0.25) is 15.9 Å². The summed E-state index contributed by atoms with van der Waals surface area (Å²) in [6.07, 6.45) is 0.199. The number of nitrogens with zero attached hydrogens (tertiary/aromatic N) is 2. The van der Waals surface area contributed by atoms with Crippen LogP contribution in [0, 0.1) is 0 Å². The Balaban J connectivity index is 1.99. The van der Waals surface area contributed by atoms with E-state index in [2.05, 4.69) is 10.2 Å². The zero-order valence-electron chi connectivity index (χ0n) is 15.2. The quantitative estimate of drug-likeness (QED) is 0.797. The minimum atomic E-state index is -3.54. The molecule has 1 aromatic carbocycles. The molecule has 0 aliphatic carbocycles. The van der Waals surface area contributed by atoms with Crippen molar-refractivity contribution in [3.63, 3.8) is 0 Å². The van der Waals surface area contributed by atoms with Crippen LogP contribution in [0.4, 0.5) is 0 Å². The summed E-state index contributed by atoms with van der Waals surface area (Å²) in [6, 6.07) is 6.72. The molecule has 0 aromatic heterocycles. The lowest BCUT2D eigenvalue weighted by Gasteiger charge is -2.34. The van der Waals surface area contributed by atoms with Crippen molar-refractivity contribution in [2.75, 3.05) is 33.7 Å². The van der Waals surface area contributed by atoms with Crippen molar-refractivity contribution < 1.29 is 17.9 Å². The maximum absolute atomic E-state index is 12.4. The number of rotatable bonds is 6. The maximum atomic E-state index is 12.4. The van der Waals surface area contributed by atoms with Gasteiger partial charge in [0, 0.05) is 33.7 Å². The first-order valence-electron chi connectivity index (χ1n) is 8.35. The minimum absolute atomic E-state index is 0.0995. The van der Waals surface area contributed by atoms with Crippen LogP contribution < -0.4 is 5.32 Å². The summed E-state index contributed by atoms with van der Waals surface area (Å²) >= 11 is 0. The van der Waals surface area contributed by atoms with E-state index in [-0.39, 0.29) is 36.1 Å². The number of benzene rings is 1. The summed E-state index contributed by atoms with van der Waals surface area (Å²) in [5.41, 5.74) is 0.577. The van der Waals surface area contributed by atoms with Crippen molar-refractivity contribution >= 4 is 15.9 Å². The lowest BCUT2D eigenvalue weighted by atomic mass is 10.2. The van der Waals surface area contributed by atoms with Crippen molar-refractivity contribution in [3.05, 3.63) is 29.8 Å². The van der Waals surface area contributed by atoms with Gasteiger partial charge in [-0.25, -0.2) is 12.7 Å². The topological polar surface area (TPSA) is 79.0 Å². The fourth-order valence-corrected chi connectivity index (χ4v) is 4.08. The number of amides is 1. The molecule has 2 atom stereocenters. The summed E-state index contributed by atoms with van der Waals surface area (Å²) in [5.74, 6) is -0.127. The molecule has 1 N–H and O–H groups in total. The number of sulfonamides is 1. The van der Waals surface area contributed by atoms with E-state index >= 15 is 0 Å². The second-order valence-electron chi connectivity index (χ2n) is 6.62. The molecular formula is C17H27N3O4S. The van der Waals surface area contributed by atoms with Gasteiger partial charge in [0.25, 0.3) is 0 Å². The highest BCUT2D eigenvalue weighted by atomic mass is 32.2. The Morgan fingerprint density at radius 3 is 2.44 bits per heavy atom. The molecule has 1 aliphatic heterocycles. The van der Waals surface area contributed by atoms with E-state index in [0.717, 1.165) is 0 Å². The highest BCUT2D eigenvalue weighted by molar-refractivity contribution is 7.89. The molecule has 1 aliphatic rings. The molecule has 2 rings (SSSR count). The fourth-order valence-electron chi connectivity index (χ4n) is 2.96. The Bertz CT molecular complexity index is 696. The van der Waals surface area contributed by atoms with Gasteiger partial charge in [-0.05, 0) is 25.5 Å². The third-order valence-corrected chi connectivity index (χ3v) is 5.99. The van der Waals surface area contributed by atoms with Crippen molar-refractivity contribution in [2.45, 2.75) is 37.5 Å². The van der Waals surface area contributed by atoms with Gasteiger partial charge in [0.15, 0.2) is 0 Å². The molecule has 1 aromatic rings. The molecule has 0 unspecified atom stereocenters. The minimum Gasteiger partial charge on any atom is -0.373 e. The predicted octanol–water partition coefficient (Wildman–Crippen LogP) is 0.662. The fraction of sp³-hybridized carbons (Fsp3) is 0.588. The van der Waals surface area contributed by atoms with Gasteiger partial charge in [-0.3, -0.25) is 9.69 Å². The van der Waals surface area contributed by atoms with Crippen LogP contribution in [0.25, 0.3) is 0 Å². The highest BCUT2D eigenvalue weighted by Crippen LogP contribution is 2.18. The standard InChI is InChI=1S/C17H27N3O4S/c1-13-10-20(11-14(2)24-13)12-17(21)18-9-15-7-5-6-8-16(15)25(22,23)19(3)4/h5-8,13-14H,9-12H2,1-4H3,(H,18,21)/t13-,14+. The first-order chi connectivity index (χ1) is 11.7. The highest BCUT2D eigenvalue weighted by Gasteiger charge is 2.24. The van der Waals surface area contributed by atoms with Crippen LogP contribution in [0.15, 0.2) is 29.2 Å². The van der Waals surface area contributed by atoms with E-state index in [1.807, 2.05) is 13.8 Å². The van der Waals surface area contributed by atoms with Crippen LogP contribution in [-0.4, -0.2) is 69.5 Å². The van der Waals surface area contributed by atoms with Gasteiger partial charge < -0.3 is 10.1 Å². The van der Waals surface area contributed by atoms with Crippen molar-refractivity contribution in [1.29, 1.82) is 0 Å². The predicted molar refractivity (Wildman–Crippen MR) is 95.6 cm³/mol. The summed E-state index contributed by atoms with van der Waals surface area (Å²) in [6.45, 7) is 5.86. The van der Waals surface area contributed by atoms with E-state index in [0.29, 0.717) is 18.7 Å². The van der Waals surface area contributed by atoms with Gasteiger partial charge >= 0.3 is 0 Å². The Morgan fingerprint density at radius 1 is 1.24 bits per heavy atom. The van der Waals surface area contributed by atoms with Gasteiger partial charge in [0.1, 0.15) is 0 Å². The first kappa shape index (κ1) is 19.8. The molecule has 140 valence electrons. The second kappa shape index (κ2) is 8.27. The molecule has 0 spiro atoms. The molecule has 0 saturated carbocycles. The molecule has 0 bridgehead atoms. The number of hydrogen-bond acceptors (Lipinski definition) is 5. The molecule has 8 heteroatoms. The maximum Gasteiger partial charge on any atom is 0.242 e. The third-order valence-electron chi connectivity index (χ3n) is 4.07. The van der Waals surface area contributed by atoms with Crippen molar-refractivity contribution in [2.24, 2.45) is 0 Å². The molecule has 1 heterocycles. The van der Waals surface area contributed by atoms with E-state index in [4.69, 9.17) is 4.74 Å². The SMILES string of the molecule is C[C@@H]1CN(CC(=O)NCc2ccccc2S(=O)(=O)N(C)C)C[C@H](C)O1. The number of hydrogen-bond donors (Lipinski definition) is 1. The molecule has 1 saturated heterocycles. The van der Waals surface area contributed by atoms with Gasteiger partial charge in [-0.1, -0.05) is 18.2 Å². The third kappa shape index (κ3) is 5.24. The summed E-state index contributed by atoms with van der Waals surface area (Å²) < 4.78 is 31.6. The average Bonchev–Trinajstić information content (AvgIpc) is 2.52. The van der Waals surface area contributed by atoms with Crippen LogP contribution in [-0.2, 0) is 26.1 Å². The Hall–Kier alpha value is -1.48. The first-order valence-corrected chi connectivity index (χ1v) is 9.79. The Labute approximate surface area is 150 Å². The van der Waals surface area contributed by atoms with Gasteiger partial charge in [-0.2, -0.15) is 0 Å². The molecule has 25 heavy (non-hydrogen) atoms. The number of carbonyl (C=O) groups excluding carboxylic acids is 1. The zero-order chi connectivity index (χ0) is 18.6. The summed E-state index contributed by atoms with van der Waals surface area (Å²) in [5, 5.41) is 2.82. The molecule has 7 nitrogen and oxygen atoms in total. The lowest BCUT2D eigenvalue weighted by Crippen LogP contribution is -2.49. The second-order valence-corrected chi connectivity index (χ2v) is 8.74. The molecule has 1 fully saturated rings. The van der Waals surface area contributed by atoms with E-state index in [9.17, 15) is 13.2 Å². The van der Waals surface area contributed by atoms with Crippen molar-refractivity contribution in [1.82, 2.24) is 14.5 Å². The van der Waals surface area contributed by atoms with E-state index < -0.39 is 10.0 Å². The van der Waals surface area contributed by atoms with Crippen LogP contribution >= 0.6 is 0 Å².